The summed E-state index contributed by atoms with van der Waals surface area (Å²) in [7, 11) is 1.58. The normalized spacial score (nSPS) is 20.5. The van der Waals surface area contributed by atoms with Crippen molar-refractivity contribution in [3.05, 3.63) is 26.3 Å². The Morgan fingerprint density at radius 1 is 1.65 bits per heavy atom. The van der Waals surface area contributed by atoms with Crippen molar-refractivity contribution in [2.75, 3.05) is 20.3 Å². The van der Waals surface area contributed by atoms with Crippen LogP contribution in [0.3, 0.4) is 0 Å². The molecule has 0 amide bonds. The highest BCUT2D eigenvalue weighted by Gasteiger charge is 2.20. The van der Waals surface area contributed by atoms with E-state index in [0.29, 0.717) is 29.2 Å². The van der Waals surface area contributed by atoms with Crippen LogP contribution < -0.4 is 5.56 Å². The lowest BCUT2D eigenvalue weighted by atomic mass is 10.0. The molecule has 1 atom stereocenters. The maximum Gasteiger partial charge on any atom is 0.265 e. The number of hydrogen-bond acceptors (Lipinski definition) is 4. The molecule has 0 aromatic carbocycles. The lowest BCUT2D eigenvalue weighted by Crippen LogP contribution is -2.23. The molecule has 1 fully saturated rings. The standard InChI is InChI=1S/C11H15BrN2O3/c1-16-6-8-9(12)11(15)14-10(13-8)7-3-2-4-17-5-7/h7H,2-6H2,1H3,(H,13,14,15). The highest BCUT2D eigenvalue weighted by atomic mass is 79.9. The summed E-state index contributed by atoms with van der Waals surface area (Å²) in [4.78, 5) is 19.0. The van der Waals surface area contributed by atoms with Gasteiger partial charge in [0, 0.05) is 19.6 Å². The van der Waals surface area contributed by atoms with Crippen molar-refractivity contribution >= 4 is 15.9 Å². The number of hydrogen-bond donors (Lipinski definition) is 1. The minimum Gasteiger partial charge on any atom is -0.381 e. The van der Waals surface area contributed by atoms with Crippen LogP contribution in [0.5, 0.6) is 0 Å². The molecular formula is C11H15BrN2O3. The Morgan fingerprint density at radius 2 is 2.47 bits per heavy atom. The molecule has 0 saturated carbocycles. The zero-order valence-corrected chi connectivity index (χ0v) is 11.2. The predicted molar refractivity (Wildman–Crippen MR) is 66.1 cm³/mol. The molecule has 6 heteroatoms. The molecule has 1 aromatic heterocycles. The van der Waals surface area contributed by atoms with E-state index >= 15 is 0 Å². The number of nitrogens with zero attached hydrogens (tertiary/aromatic N) is 1. The van der Waals surface area contributed by atoms with Gasteiger partial charge < -0.3 is 14.5 Å². The lowest BCUT2D eigenvalue weighted by Gasteiger charge is -2.21. The van der Waals surface area contributed by atoms with Crippen LogP contribution in [0.15, 0.2) is 9.27 Å². The van der Waals surface area contributed by atoms with Crippen LogP contribution in [0.2, 0.25) is 0 Å². The summed E-state index contributed by atoms with van der Waals surface area (Å²) in [6.07, 6.45) is 2.00. The van der Waals surface area contributed by atoms with Crippen molar-refractivity contribution in [2.45, 2.75) is 25.4 Å². The average molecular weight is 303 g/mol. The highest BCUT2D eigenvalue weighted by Crippen LogP contribution is 2.23. The Hall–Kier alpha value is -0.720. The van der Waals surface area contributed by atoms with Gasteiger partial charge in [0.15, 0.2) is 0 Å². The van der Waals surface area contributed by atoms with Gasteiger partial charge in [-0.2, -0.15) is 0 Å². The zero-order valence-electron chi connectivity index (χ0n) is 9.66. The van der Waals surface area contributed by atoms with E-state index in [1.165, 1.54) is 0 Å². The molecule has 1 aliphatic heterocycles. The number of H-pyrrole nitrogens is 1. The first kappa shape index (κ1) is 12.7. The average Bonchev–Trinajstić information content (AvgIpc) is 2.36. The fourth-order valence-electron chi connectivity index (χ4n) is 1.91. The molecule has 2 rings (SSSR count). The molecule has 0 aliphatic carbocycles. The van der Waals surface area contributed by atoms with E-state index in [4.69, 9.17) is 9.47 Å². The van der Waals surface area contributed by atoms with Gasteiger partial charge in [-0.3, -0.25) is 4.79 Å². The Bertz CT molecular complexity index is 441. The summed E-state index contributed by atoms with van der Waals surface area (Å²) < 4.78 is 10.9. The molecule has 5 nitrogen and oxygen atoms in total. The van der Waals surface area contributed by atoms with Crippen LogP contribution in [0.1, 0.15) is 30.3 Å². The molecule has 1 aliphatic rings. The van der Waals surface area contributed by atoms with Crippen LogP contribution in [0.4, 0.5) is 0 Å². The van der Waals surface area contributed by atoms with Crippen molar-refractivity contribution in [1.29, 1.82) is 0 Å². The summed E-state index contributed by atoms with van der Waals surface area (Å²) in [5.74, 6) is 0.880. The van der Waals surface area contributed by atoms with Gasteiger partial charge >= 0.3 is 0 Å². The Labute approximate surface area is 108 Å². The molecule has 0 bridgehead atoms. The number of rotatable bonds is 3. The lowest BCUT2D eigenvalue weighted by molar-refractivity contribution is 0.0777. The van der Waals surface area contributed by atoms with Crippen molar-refractivity contribution in [3.8, 4) is 0 Å². The number of aromatic amines is 1. The molecule has 1 aromatic rings. The van der Waals surface area contributed by atoms with Gasteiger partial charge in [0.1, 0.15) is 10.3 Å². The Kier molecular flexibility index (Phi) is 4.31. The molecule has 2 heterocycles. The first-order valence-electron chi connectivity index (χ1n) is 5.57. The summed E-state index contributed by atoms with van der Waals surface area (Å²) in [5, 5.41) is 0. The first-order chi connectivity index (χ1) is 8.22. The third-order valence-corrected chi connectivity index (χ3v) is 3.60. The Balaban J connectivity index is 2.30. The number of ether oxygens (including phenoxy) is 2. The second-order valence-corrected chi connectivity index (χ2v) is 4.85. The molecule has 1 unspecified atom stereocenters. The van der Waals surface area contributed by atoms with Crippen LogP contribution in [0, 0.1) is 0 Å². The zero-order chi connectivity index (χ0) is 12.3. The van der Waals surface area contributed by atoms with E-state index in [1.807, 2.05) is 0 Å². The van der Waals surface area contributed by atoms with E-state index < -0.39 is 0 Å². The quantitative estimate of drug-likeness (QED) is 0.920. The van der Waals surface area contributed by atoms with Gasteiger partial charge in [-0.15, -0.1) is 0 Å². The maximum atomic E-state index is 11.7. The van der Waals surface area contributed by atoms with Gasteiger partial charge in [-0.1, -0.05) is 0 Å². The van der Waals surface area contributed by atoms with Crippen LogP contribution in [0.25, 0.3) is 0 Å². The molecule has 0 spiro atoms. The molecule has 1 N–H and O–H groups in total. The minimum atomic E-state index is -0.160. The Morgan fingerprint density at radius 3 is 3.12 bits per heavy atom. The van der Waals surface area contributed by atoms with Gasteiger partial charge in [0.05, 0.1) is 18.9 Å². The third kappa shape index (κ3) is 2.94. The number of halogens is 1. The van der Waals surface area contributed by atoms with Gasteiger partial charge in [0.2, 0.25) is 0 Å². The summed E-state index contributed by atoms with van der Waals surface area (Å²) >= 11 is 3.22. The monoisotopic (exact) mass is 302 g/mol. The molecule has 1 saturated heterocycles. The highest BCUT2D eigenvalue weighted by molar-refractivity contribution is 9.10. The third-order valence-electron chi connectivity index (χ3n) is 2.78. The summed E-state index contributed by atoms with van der Waals surface area (Å²) in [5.41, 5.74) is 0.476. The van der Waals surface area contributed by atoms with Gasteiger partial charge in [0.25, 0.3) is 5.56 Å². The van der Waals surface area contributed by atoms with E-state index in [0.717, 1.165) is 19.4 Å². The fraction of sp³-hybridized carbons (Fsp3) is 0.636. The fourth-order valence-corrected chi connectivity index (χ4v) is 2.21. The molecule has 17 heavy (non-hydrogen) atoms. The van der Waals surface area contributed by atoms with Crippen molar-refractivity contribution in [1.82, 2.24) is 9.97 Å². The van der Waals surface area contributed by atoms with Crippen LogP contribution >= 0.6 is 15.9 Å². The van der Waals surface area contributed by atoms with Gasteiger partial charge in [-0.05, 0) is 28.8 Å². The summed E-state index contributed by atoms with van der Waals surface area (Å²) in [6.45, 7) is 1.74. The number of nitrogens with one attached hydrogen (secondary N) is 1. The van der Waals surface area contributed by atoms with Gasteiger partial charge in [-0.25, -0.2) is 4.98 Å². The second-order valence-electron chi connectivity index (χ2n) is 4.06. The van der Waals surface area contributed by atoms with E-state index in [2.05, 4.69) is 25.9 Å². The minimum absolute atomic E-state index is 0.160. The van der Waals surface area contributed by atoms with Crippen molar-refractivity contribution in [2.24, 2.45) is 0 Å². The van der Waals surface area contributed by atoms with E-state index in [9.17, 15) is 4.79 Å². The van der Waals surface area contributed by atoms with Crippen LogP contribution in [-0.4, -0.2) is 30.3 Å². The maximum absolute atomic E-state index is 11.7. The molecular weight excluding hydrogens is 288 g/mol. The summed E-state index contributed by atoms with van der Waals surface area (Å²) in [6, 6.07) is 0. The predicted octanol–water partition coefficient (Wildman–Crippen LogP) is 1.57. The molecule has 94 valence electrons. The molecule has 0 radical (unpaired) electrons. The SMILES string of the molecule is COCc1nc(C2CCCOC2)[nH]c(=O)c1Br. The number of methoxy groups -OCH3 is 1. The van der Waals surface area contributed by atoms with E-state index in [-0.39, 0.29) is 11.5 Å². The van der Waals surface area contributed by atoms with Crippen LogP contribution in [-0.2, 0) is 16.1 Å². The smallest absolute Gasteiger partial charge is 0.265 e. The second kappa shape index (κ2) is 5.75. The van der Waals surface area contributed by atoms with Crippen molar-refractivity contribution in [3.63, 3.8) is 0 Å². The van der Waals surface area contributed by atoms with Crippen molar-refractivity contribution < 1.29 is 9.47 Å². The number of aromatic nitrogens is 2. The van der Waals surface area contributed by atoms with E-state index in [1.54, 1.807) is 7.11 Å². The largest absolute Gasteiger partial charge is 0.381 e. The topological polar surface area (TPSA) is 64.2 Å². The first-order valence-corrected chi connectivity index (χ1v) is 6.37.